The highest BCUT2D eigenvalue weighted by Gasteiger charge is 2.41. The van der Waals surface area contributed by atoms with Crippen molar-refractivity contribution < 1.29 is 19.1 Å². The molecule has 28 heavy (non-hydrogen) atoms. The third kappa shape index (κ3) is 3.65. The number of aromatic nitrogens is 1. The molecule has 146 valence electrons. The molecule has 2 aliphatic heterocycles. The molecule has 0 atom stereocenters. The molecule has 0 saturated carbocycles. The number of carbonyl (C=O) groups is 2. The zero-order chi connectivity index (χ0) is 19.6. The van der Waals surface area contributed by atoms with Crippen molar-refractivity contribution in [1.29, 1.82) is 0 Å². The van der Waals surface area contributed by atoms with Gasteiger partial charge in [-0.15, -0.1) is 0 Å². The van der Waals surface area contributed by atoms with Gasteiger partial charge in [0.2, 0.25) is 5.91 Å². The first kappa shape index (κ1) is 18.3. The number of ether oxygens (including phenoxy) is 2. The quantitative estimate of drug-likeness (QED) is 0.877. The first-order chi connectivity index (χ1) is 13.6. The first-order valence-electron chi connectivity index (χ1n) is 9.41. The van der Waals surface area contributed by atoms with Crippen LogP contribution in [0.2, 0.25) is 0 Å². The van der Waals surface area contributed by atoms with Crippen LogP contribution in [0.3, 0.4) is 0 Å². The molecule has 0 unspecified atom stereocenters. The number of methoxy groups -OCH3 is 1. The number of amides is 2. The van der Waals surface area contributed by atoms with Crippen LogP contribution in [-0.2, 0) is 11.2 Å². The fraction of sp³-hybridized carbons (Fsp3) is 0.381. The van der Waals surface area contributed by atoms with Crippen LogP contribution >= 0.6 is 0 Å². The van der Waals surface area contributed by atoms with E-state index in [0.717, 1.165) is 5.69 Å². The lowest BCUT2D eigenvalue weighted by atomic mass is 9.90. The third-order valence-corrected chi connectivity index (χ3v) is 5.42. The number of piperidine rings is 1. The number of hydrogen-bond acceptors (Lipinski definition) is 5. The van der Waals surface area contributed by atoms with Crippen molar-refractivity contribution in [3.05, 3.63) is 53.9 Å². The Morgan fingerprint density at radius 1 is 1.29 bits per heavy atom. The molecule has 1 N–H and O–H groups in total. The van der Waals surface area contributed by atoms with Crippen LogP contribution in [0.4, 0.5) is 0 Å². The van der Waals surface area contributed by atoms with E-state index in [1.54, 1.807) is 31.5 Å². The summed E-state index contributed by atoms with van der Waals surface area (Å²) in [7, 11) is 1.58. The van der Waals surface area contributed by atoms with E-state index in [-0.39, 0.29) is 11.8 Å². The van der Waals surface area contributed by atoms with Crippen molar-refractivity contribution in [2.75, 3.05) is 26.7 Å². The van der Waals surface area contributed by atoms with E-state index in [9.17, 15) is 9.59 Å². The Labute approximate surface area is 163 Å². The molecule has 1 spiro atoms. The van der Waals surface area contributed by atoms with E-state index in [0.29, 0.717) is 56.0 Å². The van der Waals surface area contributed by atoms with Gasteiger partial charge in [0.15, 0.2) is 0 Å². The minimum absolute atomic E-state index is 0.0632. The lowest BCUT2D eigenvalue weighted by molar-refractivity contribution is -0.133. The number of nitrogens with zero attached hydrogens (tertiary/aromatic N) is 2. The van der Waals surface area contributed by atoms with Gasteiger partial charge in [-0.2, -0.15) is 0 Å². The summed E-state index contributed by atoms with van der Waals surface area (Å²) in [6, 6.07) is 10.8. The smallest absolute Gasteiger partial charge is 0.255 e. The van der Waals surface area contributed by atoms with Crippen LogP contribution < -0.4 is 14.8 Å². The van der Waals surface area contributed by atoms with E-state index in [1.807, 2.05) is 23.1 Å². The van der Waals surface area contributed by atoms with Gasteiger partial charge in [-0.05, 0) is 24.3 Å². The maximum atomic E-state index is 12.6. The van der Waals surface area contributed by atoms with Gasteiger partial charge in [-0.1, -0.05) is 6.07 Å². The predicted octanol–water partition coefficient (Wildman–Crippen LogP) is 1.82. The zero-order valence-corrected chi connectivity index (χ0v) is 15.8. The Kier molecular flexibility index (Phi) is 4.90. The van der Waals surface area contributed by atoms with Crippen LogP contribution in [0, 0.1) is 0 Å². The van der Waals surface area contributed by atoms with Gasteiger partial charge < -0.3 is 19.7 Å². The fourth-order valence-electron chi connectivity index (χ4n) is 3.72. The Bertz CT molecular complexity index is 876. The number of carbonyl (C=O) groups excluding carboxylic acids is 2. The number of likely N-dealkylation sites (tertiary alicyclic amines) is 1. The second kappa shape index (κ2) is 7.50. The lowest BCUT2D eigenvalue weighted by Gasteiger charge is -2.41. The number of benzene rings is 1. The highest BCUT2D eigenvalue weighted by Crippen LogP contribution is 2.35. The highest BCUT2D eigenvalue weighted by atomic mass is 16.5. The summed E-state index contributed by atoms with van der Waals surface area (Å²) in [4.78, 5) is 31.1. The van der Waals surface area contributed by atoms with Gasteiger partial charge in [0.05, 0.1) is 25.6 Å². The number of hydrogen-bond donors (Lipinski definition) is 1. The van der Waals surface area contributed by atoms with Crippen LogP contribution in [-0.4, -0.2) is 54.0 Å². The summed E-state index contributed by atoms with van der Waals surface area (Å²) >= 11 is 0. The maximum absolute atomic E-state index is 12.6. The van der Waals surface area contributed by atoms with Crippen molar-refractivity contribution in [2.45, 2.75) is 24.9 Å². The molecule has 7 heteroatoms. The van der Waals surface area contributed by atoms with Crippen LogP contribution in [0.25, 0.3) is 0 Å². The molecule has 4 rings (SSSR count). The van der Waals surface area contributed by atoms with E-state index < -0.39 is 5.60 Å². The Hall–Kier alpha value is -3.09. The first-order valence-corrected chi connectivity index (χ1v) is 9.41. The molecule has 0 bridgehead atoms. The molecular formula is C21H23N3O4. The molecular weight excluding hydrogens is 358 g/mol. The van der Waals surface area contributed by atoms with Gasteiger partial charge in [0.1, 0.15) is 17.1 Å². The number of fused-ring (bicyclic) bond motifs is 1. The minimum Gasteiger partial charge on any atom is -0.497 e. The highest BCUT2D eigenvalue weighted by molar-refractivity contribution is 5.97. The van der Waals surface area contributed by atoms with E-state index >= 15 is 0 Å². The van der Waals surface area contributed by atoms with Gasteiger partial charge in [-0.3, -0.25) is 14.6 Å². The molecule has 1 aromatic heterocycles. The fourth-order valence-corrected chi connectivity index (χ4v) is 3.72. The molecule has 1 aromatic carbocycles. The van der Waals surface area contributed by atoms with Crippen molar-refractivity contribution in [3.63, 3.8) is 0 Å². The minimum atomic E-state index is -0.519. The molecule has 3 heterocycles. The van der Waals surface area contributed by atoms with Crippen molar-refractivity contribution >= 4 is 11.8 Å². The van der Waals surface area contributed by atoms with Crippen LogP contribution in [0.15, 0.2) is 42.6 Å². The lowest BCUT2D eigenvalue weighted by Crippen LogP contribution is -2.54. The summed E-state index contributed by atoms with van der Waals surface area (Å²) in [6.45, 7) is 1.59. The zero-order valence-electron chi connectivity index (χ0n) is 15.8. The standard InChI is InChI=1S/C21H23N3O4/c1-27-16-5-6-17-18(13-16)28-21(14-23-20(17)26)7-10-24(11-8-21)19(25)12-15-4-2-3-9-22-15/h2-6,9,13H,7-8,10-12,14H2,1H3,(H,23,26). The average molecular weight is 381 g/mol. The molecule has 2 aromatic rings. The average Bonchev–Trinajstić information content (AvgIpc) is 2.85. The molecule has 7 nitrogen and oxygen atoms in total. The molecule has 2 aliphatic rings. The van der Waals surface area contributed by atoms with Gasteiger partial charge >= 0.3 is 0 Å². The van der Waals surface area contributed by atoms with Gasteiger partial charge in [0, 0.05) is 43.9 Å². The topological polar surface area (TPSA) is 80.8 Å². The molecule has 1 saturated heterocycles. The van der Waals surface area contributed by atoms with Crippen LogP contribution in [0.1, 0.15) is 28.9 Å². The molecule has 0 radical (unpaired) electrons. The Morgan fingerprint density at radius 2 is 2.11 bits per heavy atom. The number of rotatable bonds is 3. The van der Waals surface area contributed by atoms with Gasteiger partial charge in [-0.25, -0.2) is 0 Å². The summed E-state index contributed by atoms with van der Waals surface area (Å²) in [5.41, 5.74) is 0.757. The normalized spacial score (nSPS) is 17.9. The second-order valence-electron chi connectivity index (χ2n) is 7.21. The molecule has 2 amide bonds. The van der Waals surface area contributed by atoms with E-state index in [1.165, 1.54) is 0 Å². The number of nitrogens with one attached hydrogen (secondary N) is 1. The Morgan fingerprint density at radius 3 is 2.82 bits per heavy atom. The monoisotopic (exact) mass is 381 g/mol. The molecule has 0 aliphatic carbocycles. The summed E-state index contributed by atoms with van der Waals surface area (Å²) in [5, 5.41) is 2.96. The van der Waals surface area contributed by atoms with E-state index in [4.69, 9.17) is 9.47 Å². The van der Waals surface area contributed by atoms with Crippen LogP contribution in [0.5, 0.6) is 11.5 Å². The SMILES string of the molecule is COc1ccc2c(c1)OC1(CCN(C(=O)Cc3ccccn3)CC1)CNC2=O. The van der Waals surface area contributed by atoms with Crippen molar-refractivity contribution in [3.8, 4) is 11.5 Å². The summed E-state index contributed by atoms with van der Waals surface area (Å²) in [5.74, 6) is 1.09. The summed E-state index contributed by atoms with van der Waals surface area (Å²) < 4.78 is 11.6. The second-order valence-corrected chi connectivity index (χ2v) is 7.21. The van der Waals surface area contributed by atoms with Crippen molar-refractivity contribution in [1.82, 2.24) is 15.2 Å². The molecule has 1 fully saturated rings. The summed E-state index contributed by atoms with van der Waals surface area (Å²) in [6.07, 6.45) is 3.29. The Balaban J connectivity index is 1.45. The maximum Gasteiger partial charge on any atom is 0.255 e. The number of pyridine rings is 1. The third-order valence-electron chi connectivity index (χ3n) is 5.42. The predicted molar refractivity (Wildman–Crippen MR) is 102 cm³/mol. The van der Waals surface area contributed by atoms with E-state index in [2.05, 4.69) is 10.3 Å². The van der Waals surface area contributed by atoms with Gasteiger partial charge in [0.25, 0.3) is 5.91 Å². The largest absolute Gasteiger partial charge is 0.497 e. The van der Waals surface area contributed by atoms with Crippen molar-refractivity contribution in [2.24, 2.45) is 0 Å².